The van der Waals surface area contributed by atoms with Gasteiger partial charge in [-0.15, -0.1) is 0 Å². The van der Waals surface area contributed by atoms with Crippen LogP contribution in [0.3, 0.4) is 0 Å². The first-order valence-electron chi connectivity index (χ1n) is 9.83. The average molecular weight is 469 g/mol. The fourth-order valence-electron chi connectivity index (χ4n) is 3.69. The molecule has 164 valence electrons. The number of methoxy groups -OCH3 is 1. The molecule has 4 rings (SSSR count). The monoisotopic (exact) mass is 468 g/mol. The summed E-state index contributed by atoms with van der Waals surface area (Å²) in [7, 11) is 1.59. The lowest BCUT2D eigenvalue weighted by molar-refractivity contribution is -0.113. The SMILES string of the molecule is COc1ccccc1C1NC(=S)N(c2ccc(Cl)cc2)C(C)=C1C(=O)Nc1cc(C)on1. The maximum Gasteiger partial charge on any atom is 0.257 e. The highest BCUT2D eigenvalue weighted by Gasteiger charge is 2.36. The van der Waals surface area contributed by atoms with Crippen LogP contribution in [0.2, 0.25) is 5.02 Å². The van der Waals surface area contributed by atoms with E-state index in [2.05, 4.69) is 15.8 Å². The van der Waals surface area contributed by atoms with Crippen LogP contribution in [0.15, 0.2) is 70.4 Å². The lowest BCUT2D eigenvalue weighted by Crippen LogP contribution is -2.48. The quantitative estimate of drug-likeness (QED) is 0.510. The first-order chi connectivity index (χ1) is 15.4. The van der Waals surface area contributed by atoms with E-state index in [0.29, 0.717) is 38.7 Å². The predicted octanol–water partition coefficient (Wildman–Crippen LogP) is 4.99. The summed E-state index contributed by atoms with van der Waals surface area (Å²) < 4.78 is 10.6. The maximum absolute atomic E-state index is 13.5. The van der Waals surface area contributed by atoms with Crippen LogP contribution in [0, 0.1) is 6.92 Å². The third-order valence-electron chi connectivity index (χ3n) is 5.13. The van der Waals surface area contributed by atoms with Gasteiger partial charge in [0.25, 0.3) is 5.91 Å². The number of allylic oxidation sites excluding steroid dienone is 1. The fraction of sp³-hybridized carbons (Fsp3) is 0.174. The Bertz CT molecular complexity index is 1210. The summed E-state index contributed by atoms with van der Waals surface area (Å²) in [4.78, 5) is 15.3. The molecule has 1 aliphatic heterocycles. The number of anilines is 2. The van der Waals surface area contributed by atoms with Gasteiger partial charge in [-0.2, -0.15) is 0 Å². The number of benzene rings is 2. The number of rotatable bonds is 5. The molecule has 7 nitrogen and oxygen atoms in total. The Labute approximate surface area is 196 Å². The number of hydrogen-bond donors (Lipinski definition) is 2. The molecular weight excluding hydrogens is 448 g/mol. The molecule has 1 unspecified atom stereocenters. The number of amides is 1. The standard InChI is InChI=1S/C23H21ClN4O3S/c1-13-12-19(27-31-13)25-22(29)20-14(2)28(16-10-8-15(24)9-11-16)23(32)26-21(20)17-6-4-5-7-18(17)30-3/h4-12,21H,1-3H3,(H,26,32)(H,25,27,29). The van der Waals surface area contributed by atoms with Crippen molar-refractivity contribution in [3.05, 3.63) is 82.2 Å². The van der Waals surface area contributed by atoms with Gasteiger partial charge in [0.1, 0.15) is 11.5 Å². The molecule has 1 amide bonds. The van der Waals surface area contributed by atoms with Gasteiger partial charge in [0.15, 0.2) is 10.9 Å². The van der Waals surface area contributed by atoms with Crippen LogP contribution < -0.4 is 20.3 Å². The number of carbonyl (C=O) groups excluding carboxylic acids is 1. The summed E-state index contributed by atoms with van der Waals surface area (Å²) in [5.41, 5.74) is 2.71. The van der Waals surface area contributed by atoms with Crippen molar-refractivity contribution in [3.63, 3.8) is 0 Å². The molecule has 9 heteroatoms. The Kier molecular flexibility index (Phi) is 6.16. The molecule has 3 aromatic rings. The van der Waals surface area contributed by atoms with Crippen molar-refractivity contribution < 1.29 is 14.1 Å². The molecule has 2 N–H and O–H groups in total. The highest BCUT2D eigenvalue weighted by atomic mass is 35.5. The number of ether oxygens (including phenoxy) is 1. The second kappa shape index (κ2) is 9.02. The summed E-state index contributed by atoms with van der Waals surface area (Å²) >= 11 is 11.8. The predicted molar refractivity (Wildman–Crippen MR) is 128 cm³/mol. The summed E-state index contributed by atoms with van der Waals surface area (Å²) in [5, 5.41) is 11.1. The van der Waals surface area contributed by atoms with Gasteiger partial charge < -0.3 is 19.9 Å². The number of aryl methyl sites for hydroxylation is 1. The largest absolute Gasteiger partial charge is 0.496 e. The van der Waals surface area contributed by atoms with Crippen LogP contribution in [0.25, 0.3) is 0 Å². The highest BCUT2D eigenvalue weighted by Crippen LogP contribution is 2.37. The molecule has 2 aromatic carbocycles. The van der Waals surface area contributed by atoms with Gasteiger partial charge in [0, 0.05) is 28.0 Å². The summed E-state index contributed by atoms with van der Waals surface area (Å²) in [6, 6.07) is 15.9. The number of carbonyl (C=O) groups is 1. The van der Waals surface area contributed by atoms with Crippen molar-refractivity contribution >= 4 is 46.3 Å². The molecule has 0 saturated heterocycles. The molecular formula is C23H21ClN4O3S. The van der Waals surface area contributed by atoms with Gasteiger partial charge in [0.05, 0.1) is 18.7 Å². The molecule has 32 heavy (non-hydrogen) atoms. The Morgan fingerprint density at radius 2 is 1.94 bits per heavy atom. The van der Waals surface area contributed by atoms with Gasteiger partial charge >= 0.3 is 0 Å². The van der Waals surface area contributed by atoms with Crippen LogP contribution >= 0.6 is 23.8 Å². The number of nitrogens with zero attached hydrogens (tertiary/aromatic N) is 2. The Morgan fingerprint density at radius 1 is 1.22 bits per heavy atom. The highest BCUT2D eigenvalue weighted by molar-refractivity contribution is 7.80. The van der Waals surface area contributed by atoms with Crippen LogP contribution in [-0.4, -0.2) is 23.3 Å². The Balaban J connectivity index is 1.83. The number of halogens is 1. The zero-order valence-electron chi connectivity index (χ0n) is 17.7. The average Bonchev–Trinajstić information content (AvgIpc) is 3.18. The van der Waals surface area contributed by atoms with E-state index in [4.69, 9.17) is 33.1 Å². The van der Waals surface area contributed by atoms with Gasteiger partial charge in [0.2, 0.25) is 0 Å². The minimum absolute atomic E-state index is 0.331. The molecule has 0 radical (unpaired) electrons. The Morgan fingerprint density at radius 3 is 2.59 bits per heavy atom. The molecule has 0 bridgehead atoms. The smallest absolute Gasteiger partial charge is 0.257 e. The van der Waals surface area contributed by atoms with Crippen LogP contribution in [-0.2, 0) is 4.79 Å². The van der Waals surface area contributed by atoms with Crippen LogP contribution in [0.1, 0.15) is 24.3 Å². The van der Waals surface area contributed by atoms with E-state index in [1.807, 2.05) is 43.3 Å². The first-order valence-corrected chi connectivity index (χ1v) is 10.6. The summed E-state index contributed by atoms with van der Waals surface area (Å²) in [6.07, 6.45) is 0. The number of para-hydroxylation sites is 1. The fourth-order valence-corrected chi connectivity index (χ4v) is 4.17. The minimum Gasteiger partial charge on any atom is -0.496 e. The molecule has 1 aliphatic rings. The van der Waals surface area contributed by atoms with Gasteiger partial charge in [-0.25, -0.2) is 0 Å². The molecule has 1 atom stereocenters. The van der Waals surface area contributed by atoms with Crippen molar-refractivity contribution in [1.29, 1.82) is 0 Å². The number of thiocarbonyl (C=S) groups is 1. The van der Waals surface area contributed by atoms with Gasteiger partial charge in [-0.3, -0.25) is 9.69 Å². The lowest BCUT2D eigenvalue weighted by Gasteiger charge is -2.38. The molecule has 0 saturated carbocycles. The summed E-state index contributed by atoms with van der Waals surface area (Å²) in [6.45, 7) is 3.61. The molecule has 0 spiro atoms. The maximum atomic E-state index is 13.5. The van der Waals surface area contributed by atoms with E-state index >= 15 is 0 Å². The molecule has 0 aliphatic carbocycles. The van der Waals surface area contributed by atoms with Crippen LogP contribution in [0.4, 0.5) is 11.5 Å². The molecule has 2 heterocycles. The van der Waals surface area contributed by atoms with Gasteiger partial charge in [-0.05, 0) is 56.4 Å². The van der Waals surface area contributed by atoms with Crippen molar-refractivity contribution in [2.45, 2.75) is 19.9 Å². The van der Waals surface area contributed by atoms with Crippen molar-refractivity contribution in [2.24, 2.45) is 0 Å². The zero-order valence-corrected chi connectivity index (χ0v) is 19.3. The second-order valence-electron chi connectivity index (χ2n) is 7.21. The topological polar surface area (TPSA) is 79.6 Å². The Hall–Kier alpha value is -3.36. The zero-order chi connectivity index (χ0) is 22.8. The third-order valence-corrected chi connectivity index (χ3v) is 5.69. The van der Waals surface area contributed by atoms with Crippen LogP contribution in [0.5, 0.6) is 5.75 Å². The number of nitrogens with one attached hydrogen (secondary N) is 2. The summed E-state index contributed by atoms with van der Waals surface area (Å²) in [5.74, 6) is 1.24. The van der Waals surface area contributed by atoms with Gasteiger partial charge in [-0.1, -0.05) is 35.0 Å². The molecule has 1 aromatic heterocycles. The van der Waals surface area contributed by atoms with E-state index < -0.39 is 6.04 Å². The van der Waals surface area contributed by atoms with E-state index in [1.165, 1.54) is 0 Å². The minimum atomic E-state index is -0.532. The third kappa shape index (κ3) is 4.19. The number of hydrogen-bond acceptors (Lipinski definition) is 5. The van der Waals surface area contributed by atoms with E-state index in [0.717, 1.165) is 11.3 Å². The van der Waals surface area contributed by atoms with E-state index in [-0.39, 0.29) is 5.91 Å². The van der Waals surface area contributed by atoms with Crippen molar-refractivity contribution in [3.8, 4) is 5.75 Å². The van der Waals surface area contributed by atoms with Crippen molar-refractivity contribution in [1.82, 2.24) is 10.5 Å². The van der Waals surface area contributed by atoms with E-state index in [1.54, 1.807) is 37.1 Å². The lowest BCUT2D eigenvalue weighted by atomic mass is 9.93. The number of aromatic nitrogens is 1. The first kappa shape index (κ1) is 21.9. The van der Waals surface area contributed by atoms with E-state index in [9.17, 15) is 4.79 Å². The second-order valence-corrected chi connectivity index (χ2v) is 8.04. The normalized spacial score (nSPS) is 16.1. The molecule has 0 fully saturated rings. The van der Waals surface area contributed by atoms with Crippen molar-refractivity contribution in [2.75, 3.05) is 17.3 Å².